The maximum atomic E-state index is 12.7. The number of nitriles is 1. The molecule has 0 aliphatic rings. The van der Waals surface area contributed by atoms with Crippen LogP contribution in [0.2, 0.25) is 0 Å². The summed E-state index contributed by atoms with van der Waals surface area (Å²) in [4.78, 5) is 24.9. The number of aromatic nitrogens is 2. The van der Waals surface area contributed by atoms with E-state index < -0.39 is 23.0 Å². The first-order valence-electron chi connectivity index (χ1n) is 5.37. The van der Waals surface area contributed by atoms with Crippen molar-refractivity contribution in [3.05, 3.63) is 60.8 Å². The van der Waals surface area contributed by atoms with Crippen molar-refractivity contribution in [3.63, 3.8) is 0 Å². The summed E-state index contributed by atoms with van der Waals surface area (Å²) in [6.07, 6.45) is -3.69. The summed E-state index contributed by atoms with van der Waals surface area (Å²) in [5.74, 6) is 0. The molecule has 0 bridgehead atoms. The molecule has 0 fully saturated rings. The first kappa shape index (κ1) is 15.1. The van der Waals surface area contributed by atoms with Gasteiger partial charge in [-0.05, 0) is 34.1 Å². The zero-order chi connectivity index (χ0) is 15.8. The molecule has 1 aromatic heterocycles. The third-order valence-electron chi connectivity index (χ3n) is 2.60. The number of H-pyrrole nitrogens is 1. The molecule has 0 aliphatic carbocycles. The summed E-state index contributed by atoms with van der Waals surface area (Å²) in [7, 11) is 0. The van der Waals surface area contributed by atoms with Crippen molar-refractivity contribution < 1.29 is 13.2 Å². The predicted molar refractivity (Wildman–Crippen MR) is 70.1 cm³/mol. The molecule has 108 valence electrons. The SMILES string of the molecule is N#Cc1cn(-c2cc(C(F)(F)F)ccc2Br)c(=O)[nH]c1=O. The lowest BCUT2D eigenvalue weighted by Gasteiger charge is -2.12. The lowest BCUT2D eigenvalue weighted by Crippen LogP contribution is -2.30. The van der Waals surface area contributed by atoms with Crippen LogP contribution in [0.5, 0.6) is 0 Å². The summed E-state index contributed by atoms with van der Waals surface area (Å²) >= 11 is 3.03. The van der Waals surface area contributed by atoms with Crippen molar-refractivity contribution >= 4 is 15.9 Å². The van der Waals surface area contributed by atoms with Gasteiger partial charge in [0.05, 0.1) is 11.3 Å². The van der Waals surface area contributed by atoms with Crippen molar-refractivity contribution in [3.8, 4) is 11.8 Å². The highest BCUT2D eigenvalue weighted by Crippen LogP contribution is 2.32. The Kier molecular flexibility index (Phi) is 3.74. The van der Waals surface area contributed by atoms with Crippen LogP contribution in [0.3, 0.4) is 0 Å². The molecule has 5 nitrogen and oxygen atoms in total. The molecule has 1 aromatic carbocycles. The van der Waals surface area contributed by atoms with Crippen LogP contribution in [0.1, 0.15) is 11.1 Å². The van der Waals surface area contributed by atoms with Gasteiger partial charge in [-0.25, -0.2) is 4.79 Å². The van der Waals surface area contributed by atoms with Crippen molar-refractivity contribution in [2.24, 2.45) is 0 Å². The van der Waals surface area contributed by atoms with Gasteiger partial charge >= 0.3 is 11.9 Å². The molecule has 0 atom stereocenters. The quantitative estimate of drug-likeness (QED) is 0.847. The number of hydrogen-bond acceptors (Lipinski definition) is 3. The molecule has 0 spiro atoms. The van der Waals surface area contributed by atoms with E-state index in [0.717, 1.165) is 29.0 Å². The Balaban J connectivity index is 2.76. The van der Waals surface area contributed by atoms with Crippen molar-refractivity contribution in [1.29, 1.82) is 5.26 Å². The molecule has 0 unspecified atom stereocenters. The van der Waals surface area contributed by atoms with Crippen LogP contribution in [0.4, 0.5) is 13.2 Å². The predicted octanol–water partition coefficient (Wildman–Crippen LogP) is 2.18. The average molecular weight is 360 g/mol. The van der Waals surface area contributed by atoms with E-state index in [1.807, 2.05) is 4.98 Å². The molecule has 0 amide bonds. The van der Waals surface area contributed by atoms with E-state index in [0.29, 0.717) is 0 Å². The Hall–Kier alpha value is -2.34. The van der Waals surface area contributed by atoms with Crippen molar-refractivity contribution in [2.75, 3.05) is 0 Å². The number of benzene rings is 1. The van der Waals surface area contributed by atoms with Gasteiger partial charge in [0.2, 0.25) is 0 Å². The summed E-state index contributed by atoms with van der Waals surface area (Å²) in [6, 6.07) is 4.27. The second kappa shape index (κ2) is 5.21. The van der Waals surface area contributed by atoms with E-state index >= 15 is 0 Å². The van der Waals surface area contributed by atoms with E-state index in [1.54, 1.807) is 6.07 Å². The largest absolute Gasteiger partial charge is 0.416 e. The average Bonchev–Trinajstić information content (AvgIpc) is 2.39. The van der Waals surface area contributed by atoms with Crippen LogP contribution in [-0.2, 0) is 6.18 Å². The monoisotopic (exact) mass is 359 g/mol. The van der Waals surface area contributed by atoms with E-state index in [1.165, 1.54) is 0 Å². The Morgan fingerprint density at radius 3 is 2.52 bits per heavy atom. The van der Waals surface area contributed by atoms with Gasteiger partial charge in [0, 0.05) is 10.7 Å². The summed E-state index contributed by atoms with van der Waals surface area (Å²) in [5, 5.41) is 8.76. The fourth-order valence-corrected chi connectivity index (χ4v) is 2.04. The van der Waals surface area contributed by atoms with Crippen LogP contribution in [0.25, 0.3) is 5.69 Å². The highest BCUT2D eigenvalue weighted by Gasteiger charge is 2.31. The van der Waals surface area contributed by atoms with E-state index in [2.05, 4.69) is 15.9 Å². The second-order valence-electron chi connectivity index (χ2n) is 3.95. The molecule has 1 heterocycles. The van der Waals surface area contributed by atoms with Gasteiger partial charge in [0.1, 0.15) is 11.6 Å². The standard InChI is InChI=1S/C12H5BrF3N3O2/c13-8-2-1-7(12(14,15)16)3-9(8)19-5-6(4-17)10(20)18-11(19)21/h1-3,5H,(H,18,20,21). The number of rotatable bonds is 1. The third-order valence-corrected chi connectivity index (χ3v) is 3.27. The van der Waals surface area contributed by atoms with Gasteiger partial charge < -0.3 is 0 Å². The number of nitrogens with zero attached hydrogens (tertiary/aromatic N) is 2. The van der Waals surface area contributed by atoms with Gasteiger partial charge in [-0.15, -0.1) is 0 Å². The molecule has 2 aromatic rings. The number of nitrogens with one attached hydrogen (secondary N) is 1. The number of halogens is 4. The molecule has 9 heteroatoms. The van der Waals surface area contributed by atoms with Crippen LogP contribution in [0, 0.1) is 11.3 Å². The van der Waals surface area contributed by atoms with Crippen LogP contribution in [-0.4, -0.2) is 9.55 Å². The smallest absolute Gasteiger partial charge is 0.273 e. The molecule has 0 saturated heterocycles. The van der Waals surface area contributed by atoms with Gasteiger partial charge in [0.25, 0.3) is 5.56 Å². The van der Waals surface area contributed by atoms with E-state index in [-0.39, 0.29) is 15.7 Å². The lowest BCUT2D eigenvalue weighted by atomic mass is 10.2. The van der Waals surface area contributed by atoms with Gasteiger partial charge in [-0.3, -0.25) is 14.3 Å². The number of aromatic amines is 1. The van der Waals surface area contributed by atoms with Crippen LogP contribution >= 0.6 is 15.9 Å². The molecule has 0 aliphatic heterocycles. The van der Waals surface area contributed by atoms with Crippen molar-refractivity contribution in [1.82, 2.24) is 9.55 Å². The highest BCUT2D eigenvalue weighted by molar-refractivity contribution is 9.10. The molecule has 21 heavy (non-hydrogen) atoms. The van der Waals surface area contributed by atoms with Gasteiger partial charge in [0.15, 0.2) is 0 Å². The van der Waals surface area contributed by atoms with Crippen LogP contribution in [0.15, 0.2) is 38.5 Å². The van der Waals surface area contributed by atoms with Gasteiger partial charge in [-0.1, -0.05) is 0 Å². The van der Waals surface area contributed by atoms with Gasteiger partial charge in [-0.2, -0.15) is 18.4 Å². The number of alkyl halides is 3. The maximum Gasteiger partial charge on any atom is 0.416 e. The first-order chi connectivity index (χ1) is 9.74. The number of hydrogen-bond donors (Lipinski definition) is 1. The Labute approximate surface area is 123 Å². The molecule has 2 rings (SSSR count). The topological polar surface area (TPSA) is 78.7 Å². The minimum atomic E-state index is -4.58. The first-order valence-corrected chi connectivity index (χ1v) is 6.16. The molecule has 0 radical (unpaired) electrons. The Morgan fingerprint density at radius 2 is 1.95 bits per heavy atom. The maximum absolute atomic E-state index is 12.7. The summed E-state index contributed by atoms with van der Waals surface area (Å²) < 4.78 is 39.1. The minimum absolute atomic E-state index is 0.137. The van der Waals surface area contributed by atoms with E-state index in [9.17, 15) is 22.8 Å². The minimum Gasteiger partial charge on any atom is -0.273 e. The van der Waals surface area contributed by atoms with Crippen molar-refractivity contribution in [2.45, 2.75) is 6.18 Å². The fraction of sp³-hybridized carbons (Fsp3) is 0.0833. The fourth-order valence-electron chi connectivity index (χ4n) is 1.60. The molecular formula is C12H5BrF3N3O2. The van der Waals surface area contributed by atoms with E-state index in [4.69, 9.17) is 5.26 Å². The Bertz CT molecular complexity index is 862. The van der Waals surface area contributed by atoms with Crippen LogP contribution < -0.4 is 11.2 Å². The second-order valence-corrected chi connectivity index (χ2v) is 4.80. The molecular weight excluding hydrogens is 355 g/mol. The zero-order valence-electron chi connectivity index (χ0n) is 10.0. The lowest BCUT2D eigenvalue weighted by molar-refractivity contribution is -0.137. The summed E-state index contributed by atoms with van der Waals surface area (Å²) in [5.41, 5.74) is -3.33. The Morgan fingerprint density at radius 1 is 1.29 bits per heavy atom. The normalized spacial score (nSPS) is 11.2. The third kappa shape index (κ3) is 2.90. The molecule has 0 saturated carbocycles. The highest BCUT2D eigenvalue weighted by atomic mass is 79.9. The zero-order valence-corrected chi connectivity index (χ0v) is 11.6. The summed E-state index contributed by atoms with van der Waals surface area (Å²) in [6.45, 7) is 0. The molecule has 1 N–H and O–H groups in total.